The zero-order valence-corrected chi connectivity index (χ0v) is 10.7. The fourth-order valence-electron chi connectivity index (χ4n) is 1.46. The Morgan fingerprint density at radius 1 is 1.47 bits per heavy atom. The van der Waals surface area contributed by atoms with Crippen molar-refractivity contribution in [2.75, 3.05) is 13.7 Å². The maximum atomic E-state index is 5.10. The van der Waals surface area contributed by atoms with Crippen LogP contribution in [0.4, 0.5) is 0 Å². The van der Waals surface area contributed by atoms with Gasteiger partial charge >= 0.3 is 0 Å². The lowest BCUT2D eigenvalue weighted by Crippen LogP contribution is -2.22. The Morgan fingerprint density at radius 3 is 2.94 bits per heavy atom. The standard InChI is InChI=1S/C13H19N3O/c1-4-6-7-11(14-8-5-2)12-9-13(17-3)16-10-15-12/h9-11,14H,5,7-8H2,1-3H3. The van der Waals surface area contributed by atoms with Gasteiger partial charge in [0.15, 0.2) is 0 Å². The molecule has 1 N–H and O–H groups in total. The highest BCUT2D eigenvalue weighted by atomic mass is 16.5. The Labute approximate surface area is 103 Å². The van der Waals surface area contributed by atoms with E-state index in [2.05, 4.69) is 34.0 Å². The highest BCUT2D eigenvalue weighted by Crippen LogP contribution is 2.16. The van der Waals surface area contributed by atoms with E-state index in [1.165, 1.54) is 6.33 Å². The Kier molecular flexibility index (Phi) is 6.05. The Morgan fingerprint density at radius 2 is 2.29 bits per heavy atom. The normalized spacial score (nSPS) is 11.5. The second kappa shape index (κ2) is 7.64. The van der Waals surface area contributed by atoms with E-state index in [1.54, 1.807) is 7.11 Å². The van der Waals surface area contributed by atoms with Gasteiger partial charge in [0, 0.05) is 12.5 Å². The van der Waals surface area contributed by atoms with E-state index in [4.69, 9.17) is 4.74 Å². The third-order valence-electron chi connectivity index (χ3n) is 2.35. The minimum Gasteiger partial charge on any atom is -0.481 e. The van der Waals surface area contributed by atoms with Gasteiger partial charge in [-0.1, -0.05) is 6.92 Å². The molecule has 4 nitrogen and oxygen atoms in total. The molecule has 17 heavy (non-hydrogen) atoms. The topological polar surface area (TPSA) is 47.0 Å². The molecule has 0 amide bonds. The van der Waals surface area contributed by atoms with Crippen LogP contribution in [0.25, 0.3) is 0 Å². The first kappa shape index (κ1) is 13.5. The zero-order valence-electron chi connectivity index (χ0n) is 10.7. The summed E-state index contributed by atoms with van der Waals surface area (Å²) >= 11 is 0. The number of nitrogens with one attached hydrogen (secondary N) is 1. The van der Waals surface area contributed by atoms with E-state index in [1.807, 2.05) is 13.0 Å². The molecule has 4 heteroatoms. The van der Waals surface area contributed by atoms with Gasteiger partial charge in [-0.15, -0.1) is 11.8 Å². The Balaban J connectivity index is 2.80. The highest BCUT2D eigenvalue weighted by Gasteiger charge is 2.11. The van der Waals surface area contributed by atoms with E-state index < -0.39 is 0 Å². The van der Waals surface area contributed by atoms with Crippen molar-refractivity contribution in [2.45, 2.75) is 32.7 Å². The molecule has 0 aliphatic heterocycles. The summed E-state index contributed by atoms with van der Waals surface area (Å²) in [4.78, 5) is 8.28. The molecule has 0 spiro atoms. The van der Waals surface area contributed by atoms with Gasteiger partial charge in [0.2, 0.25) is 5.88 Å². The number of hydrogen-bond acceptors (Lipinski definition) is 4. The third-order valence-corrected chi connectivity index (χ3v) is 2.35. The lowest BCUT2D eigenvalue weighted by Gasteiger charge is -2.15. The average molecular weight is 233 g/mol. The molecule has 0 aromatic carbocycles. The number of ether oxygens (including phenoxy) is 1. The monoisotopic (exact) mass is 233 g/mol. The van der Waals surface area contributed by atoms with Crippen LogP contribution < -0.4 is 10.1 Å². The van der Waals surface area contributed by atoms with Crippen molar-refractivity contribution >= 4 is 0 Å². The predicted molar refractivity (Wildman–Crippen MR) is 67.7 cm³/mol. The van der Waals surface area contributed by atoms with Gasteiger partial charge in [0.25, 0.3) is 0 Å². The van der Waals surface area contributed by atoms with Crippen molar-refractivity contribution in [1.82, 2.24) is 15.3 Å². The first-order valence-electron chi connectivity index (χ1n) is 5.80. The molecule has 0 bridgehead atoms. The molecule has 0 radical (unpaired) electrons. The van der Waals surface area contributed by atoms with Crippen LogP contribution in [-0.2, 0) is 0 Å². The van der Waals surface area contributed by atoms with Crippen molar-refractivity contribution in [3.8, 4) is 17.7 Å². The molecule has 1 atom stereocenters. The summed E-state index contributed by atoms with van der Waals surface area (Å²) in [6.07, 6.45) is 3.35. The quantitative estimate of drug-likeness (QED) is 0.763. The van der Waals surface area contributed by atoms with Gasteiger partial charge in [-0.25, -0.2) is 9.97 Å². The molecule has 0 fully saturated rings. The van der Waals surface area contributed by atoms with Crippen molar-refractivity contribution in [1.29, 1.82) is 0 Å². The molecule has 0 saturated heterocycles. The minimum absolute atomic E-state index is 0.138. The van der Waals surface area contributed by atoms with E-state index in [-0.39, 0.29) is 6.04 Å². The largest absolute Gasteiger partial charge is 0.481 e. The van der Waals surface area contributed by atoms with Crippen LogP contribution in [0, 0.1) is 11.8 Å². The van der Waals surface area contributed by atoms with Crippen LogP contribution >= 0.6 is 0 Å². The van der Waals surface area contributed by atoms with Gasteiger partial charge in [-0.2, -0.15) is 0 Å². The molecular formula is C13H19N3O. The molecule has 92 valence electrons. The Hall–Kier alpha value is -1.60. The molecule has 0 saturated carbocycles. The number of aromatic nitrogens is 2. The Bertz CT molecular complexity index is 395. The van der Waals surface area contributed by atoms with Crippen molar-refractivity contribution in [2.24, 2.45) is 0 Å². The molecular weight excluding hydrogens is 214 g/mol. The van der Waals surface area contributed by atoms with Crippen LogP contribution in [0.15, 0.2) is 12.4 Å². The molecule has 1 aromatic rings. The van der Waals surface area contributed by atoms with E-state index in [0.29, 0.717) is 5.88 Å². The summed E-state index contributed by atoms with van der Waals surface area (Å²) in [6.45, 7) is 4.93. The summed E-state index contributed by atoms with van der Waals surface area (Å²) in [6, 6.07) is 1.99. The average Bonchev–Trinajstić information content (AvgIpc) is 2.39. The number of nitrogens with zero attached hydrogens (tertiary/aromatic N) is 2. The van der Waals surface area contributed by atoms with Crippen molar-refractivity contribution in [3.63, 3.8) is 0 Å². The number of rotatable bonds is 6. The van der Waals surface area contributed by atoms with Crippen molar-refractivity contribution in [3.05, 3.63) is 18.1 Å². The predicted octanol–water partition coefficient (Wildman–Crippen LogP) is 1.94. The second-order valence-corrected chi connectivity index (χ2v) is 3.62. The number of hydrogen-bond donors (Lipinski definition) is 1. The molecule has 0 aliphatic carbocycles. The summed E-state index contributed by atoms with van der Waals surface area (Å²) in [7, 11) is 1.60. The molecule has 1 heterocycles. The molecule has 0 aliphatic rings. The molecule has 1 aromatic heterocycles. The highest BCUT2D eigenvalue weighted by molar-refractivity contribution is 5.18. The number of methoxy groups -OCH3 is 1. The summed E-state index contributed by atoms with van der Waals surface area (Å²) in [5, 5.41) is 3.42. The fourth-order valence-corrected chi connectivity index (χ4v) is 1.46. The SMILES string of the molecule is CC#CCC(NCCC)c1cc(OC)ncn1. The third kappa shape index (κ3) is 4.41. The molecule has 1 unspecified atom stereocenters. The fraction of sp³-hybridized carbons (Fsp3) is 0.538. The van der Waals surface area contributed by atoms with Gasteiger partial charge in [0.05, 0.1) is 18.8 Å². The van der Waals surface area contributed by atoms with Gasteiger partial charge in [0.1, 0.15) is 6.33 Å². The van der Waals surface area contributed by atoms with Gasteiger partial charge < -0.3 is 10.1 Å². The van der Waals surface area contributed by atoms with Gasteiger partial charge in [-0.3, -0.25) is 0 Å². The smallest absolute Gasteiger partial charge is 0.216 e. The first-order chi connectivity index (χ1) is 8.31. The van der Waals surface area contributed by atoms with Crippen molar-refractivity contribution < 1.29 is 4.74 Å². The summed E-state index contributed by atoms with van der Waals surface area (Å²) in [5.74, 6) is 6.57. The van der Waals surface area contributed by atoms with Crippen LogP contribution in [0.2, 0.25) is 0 Å². The maximum Gasteiger partial charge on any atom is 0.216 e. The lowest BCUT2D eigenvalue weighted by molar-refractivity contribution is 0.394. The summed E-state index contributed by atoms with van der Waals surface area (Å²) in [5.41, 5.74) is 0.924. The summed E-state index contributed by atoms with van der Waals surface area (Å²) < 4.78 is 5.10. The van der Waals surface area contributed by atoms with Crippen LogP contribution in [-0.4, -0.2) is 23.6 Å². The van der Waals surface area contributed by atoms with Gasteiger partial charge in [-0.05, 0) is 19.9 Å². The second-order valence-electron chi connectivity index (χ2n) is 3.62. The maximum absolute atomic E-state index is 5.10. The lowest BCUT2D eigenvalue weighted by atomic mass is 10.1. The van der Waals surface area contributed by atoms with E-state index in [0.717, 1.165) is 25.1 Å². The first-order valence-corrected chi connectivity index (χ1v) is 5.80. The van der Waals surface area contributed by atoms with E-state index >= 15 is 0 Å². The zero-order chi connectivity index (χ0) is 12.5. The van der Waals surface area contributed by atoms with Crippen LogP contribution in [0.3, 0.4) is 0 Å². The minimum atomic E-state index is 0.138. The van der Waals surface area contributed by atoms with E-state index in [9.17, 15) is 0 Å². The van der Waals surface area contributed by atoms with Crippen LogP contribution in [0.1, 0.15) is 38.4 Å². The molecule has 1 rings (SSSR count). The van der Waals surface area contributed by atoms with Crippen LogP contribution in [0.5, 0.6) is 5.88 Å².